The van der Waals surface area contributed by atoms with E-state index in [9.17, 15) is 14.9 Å². The van der Waals surface area contributed by atoms with E-state index in [1.165, 1.54) is 0 Å². The van der Waals surface area contributed by atoms with Crippen LogP contribution in [0.1, 0.15) is 39.0 Å². The predicted molar refractivity (Wildman–Crippen MR) is 98.2 cm³/mol. The first-order chi connectivity index (χ1) is 12.4. The van der Waals surface area contributed by atoms with E-state index in [4.69, 9.17) is 0 Å². The topological polar surface area (TPSA) is 79.7 Å². The number of carbonyl (C=O) groups excluding carboxylic acids is 2. The van der Waals surface area contributed by atoms with E-state index >= 15 is 0 Å². The third-order valence-corrected chi connectivity index (χ3v) is 6.55. The average molecular weight is 361 g/mol. The van der Waals surface area contributed by atoms with Crippen molar-refractivity contribution in [1.29, 1.82) is 5.26 Å². The second-order valence-corrected chi connectivity index (χ2v) is 8.37. The van der Waals surface area contributed by atoms with Crippen molar-refractivity contribution in [2.75, 3.05) is 40.3 Å². The monoisotopic (exact) mass is 361 g/mol. The number of urea groups is 1. The number of fused-ring (bicyclic) bond motifs is 1. The highest BCUT2D eigenvalue weighted by Crippen LogP contribution is 2.45. The Morgan fingerprint density at radius 1 is 1.27 bits per heavy atom. The Labute approximate surface area is 156 Å². The van der Waals surface area contributed by atoms with E-state index in [2.05, 4.69) is 18.3 Å². The van der Waals surface area contributed by atoms with Crippen LogP contribution in [0.4, 0.5) is 4.79 Å². The lowest BCUT2D eigenvalue weighted by Gasteiger charge is -2.33. The molecule has 0 aromatic heterocycles. The minimum atomic E-state index is -0.254. The molecule has 1 aliphatic carbocycles. The van der Waals surface area contributed by atoms with E-state index < -0.39 is 0 Å². The van der Waals surface area contributed by atoms with Crippen LogP contribution >= 0.6 is 0 Å². The molecule has 3 rings (SSSR count). The molecule has 1 unspecified atom stereocenters. The van der Waals surface area contributed by atoms with Crippen LogP contribution in [-0.2, 0) is 4.79 Å². The molecule has 7 nitrogen and oxygen atoms in total. The van der Waals surface area contributed by atoms with E-state index in [-0.39, 0.29) is 23.5 Å². The zero-order valence-electron chi connectivity index (χ0n) is 16.2. The second-order valence-electron chi connectivity index (χ2n) is 8.37. The zero-order valence-corrected chi connectivity index (χ0v) is 16.2. The number of amides is 3. The number of nitriles is 1. The normalized spacial score (nSPS) is 33.2. The molecule has 4 atom stereocenters. The van der Waals surface area contributed by atoms with Crippen molar-refractivity contribution < 1.29 is 9.59 Å². The Balaban J connectivity index is 1.55. The molecule has 0 spiro atoms. The van der Waals surface area contributed by atoms with Gasteiger partial charge in [-0.1, -0.05) is 6.92 Å². The van der Waals surface area contributed by atoms with Crippen molar-refractivity contribution in [3.63, 3.8) is 0 Å². The molecule has 0 bridgehead atoms. The summed E-state index contributed by atoms with van der Waals surface area (Å²) in [5, 5.41) is 12.7. The van der Waals surface area contributed by atoms with Crippen LogP contribution in [0, 0.1) is 23.2 Å². The summed E-state index contributed by atoms with van der Waals surface area (Å²) in [5.74, 6) is 1.07. The van der Waals surface area contributed by atoms with E-state index in [0.29, 0.717) is 24.9 Å². The molecule has 2 heterocycles. The lowest BCUT2D eigenvalue weighted by molar-refractivity contribution is -0.130. The predicted octanol–water partition coefficient (Wildman–Crippen LogP) is 1.26. The first kappa shape index (κ1) is 19.0. The summed E-state index contributed by atoms with van der Waals surface area (Å²) >= 11 is 0. The standard InChI is InChI=1S/C19H31N5O2/c1-4-19(21-11-17(25)24-7-5-6-16(24)10-20)8-14-12-23(13-15(14)9-19)18(26)22(2)3/h14-16,21H,4-9,11-13H2,1-3H3/t14-,15+,16?,19-. The van der Waals surface area contributed by atoms with Gasteiger partial charge in [-0.15, -0.1) is 0 Å². The van der Waals surface area contributed by atoms with Gasteiger partial charge in [-0.2, -0.15) is 5.26 Å². The van der Waals surface area contributed by atoms with Gasteiger partial charge in [0.05, 0.1) is 12.6 Å². The lowest BCUT2D eigenvalue weighted by Crippen LogP contribution is -2.50. The number of hydrogen-bond donors (Lipinski definition) is 1. The maximum atomic E-state index is 12.5. The van der Waals surface area contributed by atoms with E-state index in [1.54, 1.807) is 23.9 Å². The van der Waals surface area contributed by atoms with Crippen molar-refractivity contribution >= 4 is 11.9 Å². The number of nitrogens with one attached hydrogen (secondary N) is 1. The second kappa shape index (κ2) is 7.43. The Hall–Kier alpha value is -1.81. The zero-order chi connectivity index (χ0) is 18.9. The highest BCUT2D eigenvalue weighted by molar-refractivity contribution is 5.79. The number of rotatable bonds is 4. The summed E-state index contributed by atoms with van der Waals surface area (Å²) in [5.41, 5.74) is -0.0138. The van der Waals surface area contributed by atoms with Gasteiger partial charge in [0.2, 0.25) is 5.91 Å². The van der Waals surface area contributed by atoms with Crippen molar-refractivity contribution in [3.8, 4) is 6.07 Å². The summed E-state index contributed by atoms with van der Waals surface area (Å²) in [4.78, 5) is 30.1. The number of nitrogens with zero attached hydrogens (tertiary/aromatic N) is 4. The molecule has 0 aromatic carbocycles. The molecular formula is C19H31N5O2. The minimum Gasteiger partial charge on any atom is -0.331 e. The van der Waals surface area contributed by atoms with Gasteiger partial charge in [0, 0.05) is 39.3 Å². The van der Waals surface area contributed by atoms with E-state index in [0.717, 1.165) is 45.2 Å². The van der Waals surface area contributed by atoms with Crippen LogP contribution in [0.25, 0.3) is 0 Å². The maximum Gasteiger partial charge on any atom is 0.319 e. The number of hydrogen-bond acceptors (Lipinski definition) is 4. The third kappa shape index (κ3) is 3.52. The summed E-state index contributed by atoms with van der Waals surface area (Å²) < 4.78 is 0. The van der Waals surface area contributed by atoms with Crippen LogP contribution < -0.4 is 5.32 Å². The molecule has 2 aliphatic heterocycles. The molecular weight excluding hydrogens is 330 g/mol. The summed E-state index contributed by atoms with van der Waals surface area (Å²) in [7, 11) is 3.60. The van der Waals surface area contributed by atoms with E-state index in [1.807, 2.05) is 4.90 Å². The third-order valence-electron chi connectivity index (χ3n) is 6.55. The van der Waals surface area contributed by atoms with Crippen LogP contribution in [0.15, 0.2) is 0 Å². The lowest BCUT2D eigenvalue weighted by atomic mass is 9.92. The molecule has 3 fully saturated rings. The Kier molecular flexibility index (Phi) is 5.42. The van der Waals surface area contributed by atoms with Crippen LogP contribution in [-0.4, -0.2) is 78.5 Å². The Morgan fingerprint density at radius 2 is 1.92 bits per heavy atom. The first-order valence-corrected chi connectivity index (χ1v) is 9.79. The number of likely N-dealkylation sites (tertiary alicyclic amines) is 2. The van der Waals surface area contributed by atoms with Gasteiger partial charge in [-0.05, 0) is 43.9 Å². The SMILES string of the molecule is CC[C@]1(NCC(=O)N2CCCC2C#N)C[C@H]2CN(C(=O)N(C)C)C[C@H]2C1. The minimum absolute atomic E-state index is 0.0138. The maximum absolute atomic E-state index is 12.5. The van der Waals surface area contributed by atoms with Gasteiger partial charge in [-0.3, -0.25) is 4.79 Å². The first-order valence-electron chi connectivity index (χ1n) is 9.79. The molecule has 3 aliphatic rings. The fourth-order valence-corrected chi connectivity index (χ4v) is 5.05. The Morgan fingerprint density at radius 3 is 2.46 bits per heavy atom. The molecule has 7 heteroatoms. The number of carbonyl (C=O) groups is 2. The smallest absolute Gasteiger partial charge is 0.319 e. The molecule has 144 valence electrons. The van der Waals surface area contributed by atoms with Crippen molar-refractivity contribution in [2.24, 2.45) is 11.8 Å². The molecule has 2 saturated heterocycles. The van der Waals surface area contributed by atoms with Gasteiger partial charge in [-0.25, -0.2) is 4.79 Å². The summed E-state index contributed by atoms with van der Waals surface area (Å²) in [6, 6.07) is 2.08. The molecule has 0 radical (unpaired) electrons. The van der Waals surface area contributed by atoms with Gasteiger partial charge in [0.15, 0.2) is 0 Å². The van der Waals surface area contributed by atoms with Gasteiger partial charge in [0.25, 0.3) is 0 Å². The van der Waals surface area contributed by atoms with Crippen molar-refractivity contribution in [1.82, 2.24) is 20.0 Å². The fraction of sp³-hybridized carbons (Fsp3) is 0.842. The van der Waals surface area contributed by atoms with Crippen LogP contribution in [0.2, 0.25) is 0 Å². The highest BCUT2D eigenvalue weighted by Gasteiger charge is 2.49. The fourth-order valence-electron chi connectivity index (χ4n) is 5.05. The van der Waals surface area contributed by atoms with Gasteiger partial charge in [0.1, 0.15) is 6.04 Å². The molecule has 26 heavy (non-hydrogen) atoms. The van der Waals surface area contributed by atoms with Crippen molar-refractivity contribution in [2.45, 2.75) is 50.6 Å². The van der Waals surface area contributed by atoms with Crippen molar-refractivity contribution in [3.05, 3.63) is 0 Å². The van der Waals surface area contributed by atoms with Gasteiger partial charge >= 0.3 is 6.03 Å². The molecule has 1 N–H and O–H groups in total. The van der Waals surface area contributed by atoms with Crippen LogP contribution in [0.5, 0.6) is 0 Å². The molecule has 3 amide bonds. The Bertz CT molecular complexity index is 585. The summed E-state index contributed by atoms with van der Waals surface area (Å²) in [6.45, 7) is 4.83. The summed E-state index contributed by atoms with van der Waals surface area (Å²) in [6.07, 6.45) is 4.72. The highest BCUT2D eigenvalue weighted by atomic mass is 16.2. The van der Waals surface area contributed by atoms with Crippen LogP contribution in [0.3, 0.4) is 0 Å². The van der Waals surface area contributed by atoms with Gasteiger partial charge < -0.3 is 20.0 Å². The molecule has 0 aromatic rings. The average Bonchev–Trinajstić information content (AvgIpc) is 3.31. The largest absolute Gasteiger partial charge is 0.331 e. The molecule has 1 saturated carbocycles. The quantitative estimate of drug-likeness (QED) is 0.818.